The van der Waals surface area contributed by atoms with E-state index in [9.17, 15) is 0 Å². The van der Waals surface area contributed by atoms with E-state index < -0.39 is 0 Å². The summed E-state index contributed by atoms with van der Waals surface area (Å²) in [4.78, 5) is 8.03. The summed E-state index contributed by atoms with van der Waals surface area (Å²) in [7, 11) is 0. The SMILES string of the molecule is Cc1c(Cl)nc(CCN)nc1Cl. The van der Waals surface area contributed by atoms with Crippen molar-refractivity contribution in [3.63, 3.8) is 0 Å². The van der Waals surface area contributed by atoms with Crippen molar-refractivity contribution in [3.8, 4) is 0 Å². The van der Waals surface area contributed by atoms with E-state index in [0.29, 0.717) is 34.7 Å². The number of hydrogen-bond acceptors (Lipinski definition) is 3. The van der Waals surface area contributed by atoms with Crippen LogP contribution in [0.2, 0.25) is 10.3 Å². The molecule has 0 amide bonds. The molecule has 3 nitrogen and oxygen atoms in total. The molecule has 0 aliphatic heterocycles. The zero-order chi connectivity index (χ0) is 9.14. The quantitative estimate of drug-likeness (QED) is 0.747. The maximum atomic E-state index is 5.78. The van der Waals surface area contributed by atoms with Crippen LogP contribution in [0.4, 0.5) is 0 Å². The van der Waals surface area contributed by atoms with Crippen LogP contribution in [0.1, 0.15) is 11.4 Å². The molecule has 2 N–H and O–H groups in total. The Bertz CT molecular complexity index is 265. The fourth-order valence-corrected chi connectivity index (χ4v) is 1.17. The van der Waals surface area contributed by atoms with Crippen molar-refractivity contribution in [2.45, 2.75) is 13.3 Å². The maximum Gasteiger partial charge on any atom is 0.137 e. The first-order chi connectivity index (χ1) is 5.65. The summed E-state index contributed by atoms with van der Waals surface area (Å²) < 4.78 is 0. The van der Waals surface area contributed by atoms with Gasteiger partial charge in [0.1, 0.15) is 16.1 Å². The van der Waals surface area contributed by atoms with Crippen LogP contribution < -0.4 is 5.73 Å². The van der Waals surface area contributed by atoms with Crippen molar-refractivity contribution in [2.24, 2.45) is 5.73 Å². The summed E-state index contributed by atoms with van der Waals surface area (Å²) >= 11 is 11.6. The van der Waals surface area contributed by atoms with Gasteiger partial charge in [0.05, 0.1) is 0 Å². The number of nitrogens with zero attached hydrogens (tertiary/aromatic N) is 2. The van der Waals surface area contributed by atoms with E-state index in [1.807, 2.05) is 0 Å². The minimum atomic E-state index is 0.401. The van der Waals surface area contributed by atoms with Crippen LogP contribution in [-0.2, 0) is 6.42 Å². The van der Waals surface area contributed by atoms with Crippen molar-refractivity contribution in [1.82, 2.24) is 9.97 Å². The molecule has 1 heterocycles. The summed E-state index contributed by atoms with van der Waals surface area (Å²) in [6.07, 6.45) is 0.597. The lowest BCUT2D eigenvalue weighted by molar-refractivity contribution is 0.862. The second-order valence-electron chi connectivity index (χ2n) is 2.39. The second kappa shape index (κ2) is 4.03. The van der Waals surface area contributed by atoms with Gasteiger partial charge in [0, 0.05) is 12.0 Å². The number of hydrogen-bond donors (Lipinski definition) is 1. The minimum absolute atomic E-state index is 0.401. The van der Waals surface area contributed by atoms with Gasteiger partial charge in [-0.1, -0.05) is 23.2 Å². The predicted molar refractivity (Wildman–Crippen MR) is 49.5 cm³/mol. The predicted octanol–water partition coefficient (Wildman–Crippen LogP) is 1.59. The van der Waals surface area contributed by atoms with Crippen LogP contribution in [0.15, 0.2) is 0 Å². The van der Waals surface area contributed by atoms with E-state index in [4.69, 9.17) is 28.9 Å². The molecule has 0 aromatic carbocycles. The zero-order valence-electron chi connectivity index (χ0n) is 6.64. The molecule has 0 unspecified atom stereocenters. The Morgan fingerprint density at radius 1 is 1.25 bits per heavy atom. The Morgan fingerprint density at radius 2 is 1.75 bits per heavy atom. The zero-order valence-corrected chi connectivity index (χ0v) is 8.15. The topological polar surface area (TPSA) is 51.8 Å². The average Bonchev–Trinajstić information content (AvgIpc) is 2.01. The molecule has 0 radical (unpaired) electrons. The third-order valence-electron chi connectivity index (χ3n) is 1.44. The van der Waals surface area contributed by atoms with Crippen LogP contribution in [0, 0.1) is 6.92 Å². The molecular weight excluding hydrogens is 197 g/mol. The highest BCUT2D eigenvalue weighted by Gasteiger charge is 2.05. The van der Waals surface area contributed by atoms with Crippen molar-refractivity contribution < 1.29 is 0 Å². The number of nitrogens with two attached hydrogens (primary N) is 1. The summed E-state index contributed by atoms with van der Waals surface area (Å²) in [6, 6.07) is 0. The van der Waals surface area contributed by atoms with Crippen LogP contribution in [-0.4, -0.2) is 16.5 Å². The lowest BCUT2D eigenvalue weighted by atomic mass is 10.3. The highest BCUT2D eigenvalue weighted by Crippen LogP contribution is 2.19. The molecule has 0 saturated carbocycles. The molecule has 1 rings (SSSR count). The van der Waals surface area contributed by atoms with E-state index in [2.05, 4.69) is 9.97 Å². The summed E-state index contributed by atoms with van der Waals surface area (Å²) in [6.45, 7) is 2.27. The molecule has 1 aromatic rings. The largest absolute Gasteiger partial charge is 0.330 e. The minimum Gasteiger partial charge on any atom is -0.330 e. The first-order valence-corrected chi connectivity index (χ1v) is 4.29. The molecule has 0 aliphatic carbocycles. The standard InChI is InChI=1S/C7H9Cl2N3/c1-4-6(8)11-5(2-3-10)12-7(4)9/h2-3,10H2,1H3. The molecule has 0 aliphatic rings. The second-order valence-corrected chi connectivity index (χ2v) is 3.10. The van der Waals surface area contributed by atoms with Gasteiger partial charge in [-0.05, 0) is 13.5 Å². The van der Waals surface area contributed by atoms with Gasteiger partial charge in [-0.3, -0.25) is 0 Å². The molecule has 12 heavy (non-hydrogen) atoms. The van der Waals surface area contributed by atoms with Crippen LogP contribution in [0.3, 0.4) is 0 Å². The van der Waals surface area contributed by atoms with E-state index in [-0.39, 0.29) is 0 Å². The van der Waals surface area contributed by atoms with Gasteiger partial charge >= 0.3 is 0 Å². The number of halogens is 2. The van der Waals surface area contributed by atoms with Gasteiger partial charge in [0.25, 0.3) is 0 Å². The number of rotatable bonds is 2. The van der Waals surface area contributed by atoms with Gasteiger partial charge < -0.3 is 5.73 Å². The smallest absolute Gasteiger partial charge is 0.137 e. The third-order valence-corrected chi connectivity index (χ3v) is 2.18. The molecule has 0 bridgehead atoms. The van der Waals surface area contributed by atoms with Crippen LogP contribution >= 0.6 is 23.2 Å². The van der Waals surface area contributed by atoms with Gasteiger partial charge in [-0.25, -0.2) is 9.97 Å². The molecule has 1 aromatic heterocycles. The molecule has 0 saturated heterocycles. The van der Waals surface area contributed by atoms with Crippen LogP contribution in [0.25, 0.3) is 0 Å². The maximum absolute atomic E-state index is 5.78. The number of aromatic nitrogens is 2. The van der Waals surface area contributed by atoms with Gasteiger partial charge in [0.15, 0.2) is 0 Å². The van der Waals surface area contributed by atoms with Crippen molar-refractivity contribution in [1.29, 1.82) is 0 Å². The Morgan fingerprint density at radius 3 is 2.17 bits per heavy atom. The summed E-state index contributed by atoms with van der Waals surface area (Å²) in [5.74, 6) is 0.595. The van der Waals surface area contributed by atoms with E-state index >= 15 is 0 Å². The molecule has 0 spiro atoms. The highest BCUT2D eigenvalue weighted by molar-refractivity contribution is 6.34. The van der Waals surface area contributed by atoms with Crippen LogP contribution in [0.5, 0.6) is 0 Å². The average molecular weight is 206 g/mol. The Hall–Kier alpha value is -0.380. The van der Waals surface area contributed by atoms with Gasteiger partial charge in [0.2, 0.25) is 0 Å². The summed E-state index contributed by atoms with van der Waals surface area (Å²) in [5.41, 5.74) is 6.04. The monoisotopic (exact) mass is 205 g/mol. The van der Waals surface area contributed by atoms with E-state index in [1.54, 1.807) is 6.92 Å². The molecular formula is C7H9Cl2N3. The fraction of sp³-hybridized carbons (Fsp3) is 0.429. The van der Waals surface area contributed by atoms with E-state index in [0.717, 1.165) is 0 Å². The molecule has 5 heteroatoms. The van der Waals surface area contributed by atoms with Crippen molar-refractivity contribution >= 4 is 23.2 Å². The van der Waals surface area contributed by atoms with Crippen molar-refractivity contribution in [2.75, 3.05) is 6.54 Å². The molecule has 66 valence electrons. The van der Waals surface area contributed by atoms with Gasteiger partial charge in [-0.15, -0.1) is 0 Å². The van der Waals surface area contributed by atoms with Crippen molar-refractivity contribution in [3.05, 3.63) is 21.7 Å². The lowest BCUT2D eigenvalue weighted by Crippen LogP contribution is -2.07. The van der Waals surface area contributed by atoms with E-state index in [1.165, 1.54) is 0 Å². The summed E-state index contributed by atoms with van der Waals surface area (Å²) in [5, 5.41) is 0.803. The molecule has 0 fully saturated rings. The first kappa shape index (κ1) is 9.71. The lowest BCUT2D eigenvalue weighted by Gasteiger charge is -2.02. The normalized spacial score (nSPS) is 10.3. The Labute approximate surface area is 80.9 Å². The fourth-order valence-electron chi connectivity index (χ4n) is 0.745. The third kappa shape index (κ3) is 2.06. The Balaban J connectivity index is 3.04. The Kier molecular flexibility index (Phi) is 3.26. The molecule has 0 atom stereocenters. The van der Waals surface area contributed by atoms with Gasteiger partial charge in [-0.2, -0.15) is 0 Å². The highest BCUT2D eigenvalue weighted by atomic mass is 35.5. The first-order valence-electron chi connectivity index (χ1n) is 3.53.